The van der Waals surface area contributed by atoms with Crippen LogP contribution < -0.4 is 10.5 Å². The van der Waals surface area contributed by atoms with Crippen LogP contribution in [0.1, 0.15) is 49.4 Å². The van der Waals surface area contributed by atoms with Gasteiger partial charge in [0.05, 0.1) is 0 Å². The van der Waals surface area contributed by atoms with E-state index in [9.17, 15) is 4.39 Å². The molecular weight excluding hydrogens is 265 g/mol. The Morgan fingerprint density at radius 3 is 2.29 bits per heavy atom. The Kier molecular flexibility index (Phi) is 4.97. The topological polar surface area (TPSA) is 35.2 Å². The summed E-state index contributed by atoms with van der Waals surface area (Å²) in [4.78, 5) is 0. The van der Waals surface area contributed by atoms with Crippen LogP contribution in [0.15, 0.2) is 42.5 Å². The summed E-state index contributed by atoms with van der Waals surface area (Å²) in [6.07, 6.45) is 0. The molecule has 21 heavy (non-hydrogen) atoms. The SMILES string of the molecule is CC(C)c1ccc(COc2ccc(F)cc2C(C)N)cc1. The second-order valence-corrected chi connectivity index (χ2v) is 5.66. The minimum Gasteiger partial charge on any atom is -0.489 e. The third-order valence-corrected chi connectivity index (χ3v) is 3.50. The average molecular weight is 287 g/mol. The molecule has 0 aromatic heterocycles. The zero-order chi connectivity index (χ0) is 15.4. The third-order valence-electron chi connectivity index (χ3n) is 3.50. The molecule has 1 atom stereocenters. The van der Waals surface area contributed by atoms with Gasteiger partial charge < -0.3 is 10.5 Å². The molecule has 0 fully saturated rings. The van der Waals surface area contributed by atoms with E-state index in [1.807, 2.05) is 6.92 Å². The van der Waals surface area contributed by atoms with E-state index in [0.717, 1.165) is 5.56 Å². The van der Waals surface area contributed by atoms with Gasteiger partial charge in [-0.15, -0.1) is 0 Å². The van der Waals surface area contributed by atoms with E-state index in [4.69, 9.17) is 10.5 Å². The molecule has 0 aliphatic carbocycles. The maximum atomic E-state index is 13.3. The molecule has 0 bridgehead atoms. The molecule has 0 saturated heterocycles. The fourth-order valence-corrected chi connectivity index (χ4v) is 2.17. The fraction of sp³-hybridized carbons (Fsp3) is 0.333. The second kappa shape index (κ2) is 6.72. The molecule has 0 saturated carbocycles. The summed E-state index contributed by atoms with van der Waals surface area (Å²) in [5.41, 5.74) is 8.93. The monoisotopic (exact) mass is 287 g/mol. The zero-order valence-electron chi connectivity index (χ0n) is 12.8. The molecule has 3 heteroatoms. The van der Waals surface area contributed by atoms with Crippen LogP contribution in [0.5, 0.6) is 5.75 Å². The Hall–Kier alpha value is -1.87. The van der Waals surface area contributed by atoms with Crippen molar-refractivity contribution in [3.8, 4) is 5.75 Å². The van der Waals surface area contributed by atoms with Gasteiger partial charge in [0.15, 0.2) is 0 Å². The predicted octanol–water partition coefficient (Wildman–Crippen LogP) is 4.55. The summed E-state index contributed by atoms with van der Waals surface area (Å²) in [5.74, 6) is 0.858. The van der Waals surface area contributed by atoms with Crippen molar-refractivity contribution in [2.24, 2.45) is 5.73 Å². The van der Waals surface area contributed by atoms with Gasteiger partial charge in [0.1, 0.15) is 18.2 Å². The summed E-state index contributed by atoms with van der Waals surface area (Å²) in [6.45, 7) is 6.60. The number of hydrogen-bond donors (Lipinski definition) is 1. The molecule has 1 unspecified atom stereocenters. The predicted molar refractivity (Wildman–Crippen MR) is 83.9 cm³/mol. The lowest BCUT2D eigenvalue weighted by molar-refractivity contribution is 0.301. The quantitative estimate of drug-likeness (QED) is 0.875. The van der Waals surface area contributed by atoms with E-state index < -0.39 is 0 Å². The smallest absolute Gasteiger partial charge is 0.124 e. The van der Waals surface area contributed by atoms with Crippen molar-refractivity contribution in [2.75, 3.05) is 0 Å². The van der Waals surface area contributed by atoms with E-state index in [2.05, 4.69) is 38.1 Å². The number of benzene rings is 2. The van der Waals surface area contributed by atoms with Gasteiger partial charge in [-0.3, -0.25) is 0 Å². The van der Waals surface area contributed by atoms with Gasteiger partial charge in [-0.25, -0.2) is 4.39 Å². The number of hydrogen-bond acceptors (Lipinski definition) is 2. The maximum Gasteiger partial charge on any atom is 0.124 e. The number of nitrogens with two attached hydrogens (primary N) is 1. The molecule has 0 spiro atoms. The van der Waals surface area contributed by atoms with Crippen molar-refractivity contribution in [1.29, 1.82) is 0 Å². The van der Waals surface area contributed by atoms with Gasteiger partial charge in [0.25, 0.3) is 0 Å². The van der Waals surface area contributed by atoms with E-state index in [1.54, 1.807) is 6.07 Å². The first-order chi connectivity index (χ1) is 9.97. The summed E-state index contributed by atoms with van der Waals surface area (Å²) in [6, 6.07) is 12.5. The van der Waals surface area contributed by atoms with Gasteiger partial charge in [0, 0.05) is 11.6 Å². The molecule has 2 N–H and O–H groups in total. The highest BCUT2D eigenvalue weighted by molar-refractivity contribution is 5.36. The largest absolute Gasteiger partial charge is 0.489 e. The minimum atomic E-state index is -0.295. The molecule has 112 valence electrons. The highest BCUT2D eigenvalue weighted by Gasteiger charge is 2.10. The molecule has 0 amide bonds. The van der Waals surface area contributed by atoms with E-state index in [1.165, 1.54) is 17.7 Å². The standard InChI is InChI=1S/C18H22FNO/c1-12(2)15-6-4-14(5-7-15)11-21-18-9-8-16(19)10-17(18)13(3)20/h4-10,12-13H,11,20H2,1-3H3. The molecular formula is C18H22FNO. The molecule has 2 aromatic rings. The van der Waals surface area contributed by atoms with Crippen LogP contribution in [0.4, 0.5) is 4.39 Å². The average Bonchev–Trinajstić information content (AvgIpc) is 2.46. The van der Waals surface area contributed by atoms with Crippen LogP contribution in [0.3, 0.4) is 0 Å². The Morgan fingerprint density at radius 2 is 1.71 bits per heavy atom. The fourth-order valence-electron chi connectivity index (χ4n) is 2.17. The van der Waals surface area contributed by atoms with Gasteiger partial charge in [0.2, 0.25) is 0 Å². The molecule has 0 heterocycles. The normalized spacial score (nSPS) is 12.5. The Bertz CT molecular complexity index is 591. The lowest BCUT2D eigenvalue weighted by atomic mass is 10.0. The van der Waals surface area contributed by atoms with Crippen molar-refractivity contribution in [2.45, 2.75) is 39.3 Å². The van der Waals surface area contributed by atoms with Crippen LogP contribution in [-0.4, -0.2) is 0 Å². The summed E-state index contributed by atoms with van der Waals surface area (Å²) >= 11 is 0. The molecule has 2 nitrogen and oxygen atoms in total. The van der Waals surface area contributed by atoms with Gasteiger partial charge in [-0.1, -0.05) is 38.1 Å². The van der Waals surface area contributed by atoms with Crippen molar-refractivity contribution in [3.05, 3.63) is 65.0 Å². The first kappa shape index (κ1) is 15.5. The highest BCUT2D eigenvalue weighted by atomic mass is 19.1. The van der Waals surface area contributed by atoms with Crippen LogP contribution in [0, 0.1) is 5.82 Å². The molecule has 0 radical (unpaired) electrons. The van der Waals surface area contributed by atoms with Gasteiger partial charge in [-0.2, -0.15) is 0 Å². The van der Waals surface area contributed by atoms with Crippen molar-refractivity contribution in [3.63, 3.8) is 0 Å². The van der Waals surface area contributed by atoms with Crippen LogP contribution >= 0.6 is 0 Å². The van der Waals surface area contributed by atoms with Crippen molar-refractivity contribution >= 4 is 0 Å². The Labute approximate surface area is 125 Å². The molecule has 2 rings (SSSR count). The van der Waals surface area contributed by atoms with Crippen LogP contribution in [0.25, 0.3) is 0 Å². The summed E-state index contributed by atoms with van der Waals surface area (Å²) in [7, 11) is 0. The zero-order valence-corrected chi connectivity index (χ0v) is 12.8. The summed E-state index contributed by atoms with van der Waals surface area (Å²) < 4.78 is 19.1. The maximum absolute atomic E-state index is 13.3. The van der Waals surface area contributed by atoms with Crippen LogP contribution in [0.2, 0.25) is 0 Å². The van der Waals surface area contributed by atoms with Gasteiger partial charge >= 0.3 is 0 Å². The van der Waals surface area contributed by atoms with E-state index >= 15 is 0 Å². The number of ether oxygens (including phenoxy) is 1. The first-order valence-corrected chi connectivity index (χ1v) is 7.24. The van der Waals surface area contributed by atoms with Crippen molar-refractivity contribution in [1.82, 2.24) is 0 Å². The Balaban J connectivity index is 2.09. The highest BCUT2D eigenvalue weighted by Crippen LogP contribution is 2.25. The Morgan fingerprint density at radius 1 is 1.05 bits per heavy atom. The molecule has 0 aliphatic rings. The number of halogens is 1. The summed E-state index contributed by atoms with van der Waals surface area (Å²) in [5, 5.41) is 0. The van der Waals surface area contributed by atoms with Crippen LogP contribution in [-0.2, 0) is 6.61 Å². The van der Waals surface area contributed by atoms with Gasteiger partial charge in [-0.05, 0) is 42.2 Å². The number of rotatable bonds is 5. The van der Waals surface area contributed by atoms with E-state index in [-0.39, 0.29) is 11.9 Å². The third kappa shape index (κ3) is 4.05. The molecule has 2 aromatic carbocycles. The lowest BCUT2D eigenvalue weighted by Gasteiger charge is -2.14. The minimum absolute atomic E-state index is 0.265. The lowest BCUT2D eigenvalue weighted by Crippen LogP contribution is -2.08. The van der Waals surface area contributed by atoms with E-state index in [0.29, 0.717) is 23.8 Å². The second-order valence-electron chi connectivity index (χ2n) is 5.66. The first-order valence-electron chi connectivity index (χ1n) is 7.24. The molecule has 0 aliphatic heterocycles. The van der Waals surface area contributed by atoms with Crippen molar-refractivity contribution < 1.29 is 9.13 Å².